The molecule has 0 aromatic carbocycles. The summed E-state index contributed by atoms with van der Waals surface area (Å²) in [5.41, 5.74) is 0.977. The Morgan fingerprint density at radius 2 is 2.20 bits per heavy atom. The van der Waals surface area contributed by atoms with Crippen LogP contribution in [-0.2, 0) is 7.05 Å². The van der Waals surface area contributed by atoms with Gasteiger partial charge in [-0.2, -0.15) is 10.1 Å². The molecule has 2 aromatic rings. The number of anilines is 3. The van der Waals surface area contributed by atoms with Crippen LogP contribution in [0.4, 0.5) is 17.3 Å². The predicted octanol–water partition coefficient (Wildman–Crippen LogP) is 2.23. The fourth-order valence-electron chi connectivity index (χ4n) is 2.60. The van der Waals surface area contributed by atoms with Crippen LogP contribution >= 0.6 is 11.6 Å². The van der Waals surface area contributed by atoms with E-state index in [1.54, 1.807) is 10.9 Å². The van der Waals surface area contributed by atoms with Gasteiger partial charge < -0.3 is 9.80 Å². The number of fused-ring (bicyclic) bond motifs is 1. The third-order valence-corrected chi connectivity index (χ3v) is 3.81. The van der Waals surface area contributed by atoms with E-state index in [0.29, 0.717) is 6.04 Å². The van der Waals surface area contributed by atoms with Crippen molar-refractivity contribution in [1.29, 1.82) is 0 Å². The topological polar surface area (TPSA) is 50.1 Å². The summed E-state index contributed by atoms with van der Waals surface area (Å²) < 4.78 is 1.79. The van der Waals surface area contributed by atoms with Crippen LogP contribution in [0.2, 0.25) is 5.28 Å². The molecular weight excluding hydrogens is 276 g/mol. The van der Waals surface area contributed by atoms with Gasteiger partial charge in [0.25, 0.3) is 0 Å². The number of halogens is 1. The second-order valence-corrected chi connectivity index (χ2v) is 5.35. The van der Waals surface area contributed by atoms with E-state index in [1.165, 1.54) is 0 Å². The minimum Gasteiger partial charge on any atom is -0.368 e. The lowest BCUT2D eigenvalue weighted by atomic mass is 10.1. The highest BCUT2D eigenvalue weighted by atomic mass is 35.5. The van der Waals surface area contributed by atoms with Gasteiger partial charge in [0.15, 0.2) is 11.6 Å². The molecule has 2 aromatic heterocycles. The molecule has 0 N–H and O–H groups in total. The van der Waals surface area contributed by atoms with Crippen LogP contribution in [0.1, 0.15) is 13.3 Å². The van der Waals surface area contributed by atoms with Crippen molar-refractivity contribution in [3.05, 3.63) is 23.7 Å². The average molecular weight is 293 g/mol. The van der Waals surface area contributed by atoms with Crippen LogP contribution in [0, 0.1) is 0 Å². The zero-order chi connectivity index (χ0) is 14.3. The van der Waals surface area contributed by atoms with Crippen LogP contribution in [0.25, 0.3) is 0 Å². The molecule has 1 aliphatic rings. The zero-order valence-corrected chi connectivity index (χ0v) is 12.5. The summed E-state index contributed by atoms with van der Waals surface area (Å²) in [4.78, 5) is 12.8. The molecule has 0 amide bonds. The fraction of sp³-hybridized carbons (Fsp3) is 0.462. The monoisotopic (exact) mass is 292 g/mol. The summed E-state index contributed by atoms with van der Waals surface area (Å²) in [5.74, 6) is 1.72. The van der Waals surface area contributed by atoms with Crippen molar-refractivity contribution in [2.24, 2.45) is 7.05 Å². The van der Waals surface area contributed by atoms with Gasteiger partial charge in [0.2, 0.25) is 5.28 Å². The van der Waals surface area contributed by atoms with Gasteiger partial charge in [-0.1, -0.05) is 6.92 Å². The van der Waals surface area contributed by atoms with Crippen molar-refractivity contribution in [2.45, 2.75) is 19.4 Å². The Bertz CT molecular complexity index is 625. The highest BCUT2D eigenvalue weighted by Gasteiger charge is 2.32. The van der Waals surface area contributed by atoms with E-state index >= 15 is 0 Å². The summed E-state index contributed by atoms with van der Waals surface area (Å²) >= 11 is 5.98. The van der Waals surface area contributed by atoms with Crippen molar-refractivity contribution >= 4 is 28.9 Å². The van der Waals surface area contributed by atoms with Crippen molar-refractivity contribution in [1.82, 2.24) is 19.7 Å². The molecule has 6 nitrogen and oxygen atoms in total. The molecular formula is C13H17ClN6. The van der Waals surface area contributed by atoms with E-state index in [9.17, 15) is 0 Å². The number of hydrogen-bond donors (Lipinski definition) is 0. The number of hydrogen-bond acceptors (Lipinski definition) is 5. The smallest absolute Gasteiger partial charge is 0.224 e. The maximum atomic E-state index is 5.98. The Morgan fingerprint density at radius 1 is 1.40 bits per heavy atom. The normalized spacial score (nSPS) is 18.3. The summed E-state index contributed by atoms with van der Waals surface area (Å²) in [6, 6.07) is 2.31. The molecule has 0 saturated heterocycles. The highest BCUT2D eigenvalue weighted by molar-refractivity contribution is 6.28. The van der Waals surface area contributed by atoms with Gasteiger partial charge in [-0.3, -0.25) is 4.68 Å². The lowest BCUT2D eigenvalue weighted by Gasteiger charge is -2.40. The molecule has 106 valence electrons. The Morgan fingerprint density at radius 3 is 2.85 bits per heavy atom. The van der Waals surface area contributed by atoms with Gasteiger partial charge in [0.1, 0.15) is 0 Å². The van der Waals surface area contributed by atoms with Gasteiger partial charge >= 0.3 is 0 Å². The van der Waals surface area contributed by atoms with Crippen LogP contribution in [0.3, 0.4) is 0 Å². The fourth-order valence-corrected chi connectivity index (χ4v) is 2.73. The average Bonchev–Trinajstić information content (AvgIpc) is 2.84. The molecule has 1 atom stereocenters. The molecule has 3 heterocycles. The van der Waals surface area contributed by atoms with E-state index in [-0.39, 0.29) is 5.28 Å². The molecule has 0 spiro atoms. The molecule has 7 heteroatoms. The molecule has 1 aliphatic heterocycles. The Kier molecular flexibility index (Phi) is 3.25. The third-order valence-electron chi connectivity index (χ3n) is 3.63. The number of rotatable bonds is 2. The standard InChI is InChI=1S/C13H17ClN6/c1-4-9-8-18(2)10-7-15-13(14)16-12(10)20(9)11-5-6-19(3)17-11/h5-7,9H,4,8H2,1-3H3. The second kappa shape index (κ2) is 4.94. The van der Waals surface area contributed by atoms with Crippen molar-refractivity contribution in [3.8, 4) is 0 Å². The number of aryl methyl sites for hydroxylation is 1. The van der Waals surface area contributed by atoms with Crippen molar-refractivity contribution in [3.63, 3.8) is 0 Å². The quantitative estimate of drug-likeness (QED) is 0.795. The van der Waals surface area contributed by atoms with Gasteiger partial charge in [-0.05, 0) is 18.0 Å². The van der Waals surface area contributed by atoms with E-state index in [4.69, 9.17) is 11.6 Å². The predicted molar refractivity (Wildman–Crippen MR) is 79.7 cm³/mol. The van der Waals surface area contributed by atoms with E-state index in [0.717, 1.165) is 30.3 Å². The number of aromatic nitrogens is 4. The summed E-state index contributed by atoms with van der Waals surface area (Å²) in [5, 5.41) is 4.77. The first-order valence-corrected chi connectivity index (χ1v) is 7.00. The first-order valence-electron chi connectivity index (χ1n) is 6.62. The molecule has 0 aliphatic carbocycles. The van der Waals surface area contributed by atoms with Crippen molar-refractivity contribution < 1.29 is 0 Å². The zero-order valence-electron chi connectivity index (χ0n) is 11.8. The van der Waals surface area contributed by atoms with Crippen LogP contribution in [0.5, 0.6) is 0 Å². The third kappa shape index (κ3) is 2.10. The van der Waals surface area contributed by atoms with E-state index in [2.05, 4.69) is 38.8 Å². The summed E-state index contributed by atoms with van der Waals surface area (Å²) in [6.07, 6.45) is 4.71. The van der Waals surface area contributed by atoms with Gasteiger partial charge in [-0.15, -0.1) is 0 Å². The largest absolute Gasteiger partial charge is 0.368 e. The second-order valence-electron chi connectivity index (χ2n) is 5.01. The molecule has 1 unspecified atom stereocenters. The summed E-state index contributed by atoms with van der Waals surface area (Å²) in [6.45, 7) is 3.08. The van der Waals surface area contributed by atoms with Gasteiger partial charge in [-0.25, -0.2) is 4.98 Å². The lowest BCUT2D eigenvalue weighted by molar-refractivity contribution is 0.587. The highest BCUT2D eigenvalue weighted by Crippen LogP contribution is 2.38. The molecule has 20 heavy (non-hydrogen) atoms. The minimum atomic E-state index is 0.259. The van der Waals surface area contributed by atoms with Gasteiger partial charge in [0.05, 0.1) is 17.9 Å². The van der Waals surface area contributed by atoms with E-state index in [1.807, 2.05) is 19.3 Å². The number of nitrogens with zero attached hydrogens (tertiary/aromatic N) is 6. The summed E-state index contributed by atoms with van der Waals surface area (Å²) in [7, 11) is 3.96. The maximum Gasteiger partial charge on any atom is 0.224 e. The Labute approximate surface area is 123 Å². The first-order chi connectivity index (χ1) is 9.60. The van der Waals surface area contributed by atoms with Crippen LogP contribution < -0.4 is 9.80 Å². The molecule has 3 rings (SSSR count). The molecule has 0 bridgehead atoms. The lowest BCUT2D eigenvalue weighted by Crippen LogP contribution is -2.45. The minimum absolute atomic E-state index is 0.259. The van der Waals surface area contributed by atoms with Gasteiger partial charge in [0, 0.05) is 32.9 Å². The van der Waals surface area contributed by atoms with Crippen LogP contribution in [-0.4, -0.2) is 39.4 Å². The van der Waals surface area contributed by atoms with E-state index < -0.39 is 0 Å². The first kappa shape index (κ1) is 13.2. The SMILES string of the molecule is CCC1CN(C)c2cnc(Cl)nc2N1c1ccn(C)n1. The molecule has 0 radical (unpaired) electrons. The Hall–Kier alpha value is -1.82. The maximum absolute atomic E-state index is 5.98. The molecule has 0 saturated carbocycles. The van der Waals surface area contributed by atoms with Crippen molar-refractivity contribution in [2.75, 3.05) is 23.4 Å². The Balaban J connectivity index is 2.15. The number of likely N-dealkylation sites (N-methyl/N-ethyl adjacent to an activating group) is 1. The van der Waals surface area contributed by atoms with Crippen LogP contribution in [0.15, 0.2) is 18.5 Å². The molecule has 0 fully saturated rings.